The molecule has 1 aromatic rings. The summed E-state index contributed by atoms with van der Waals surface area (Å²) in [6.07, 6.45) is 8.06. The molecule has 2 aliphatic carbocycles. The van der Waals surface area contributed by atoms with Gasteiger partial charge in [-0.1, -0.05) is 31.7 Å². The van der Waals surface area contributed by atoms with Crippen molar-refractivity contribution in [1.82, 2.24) is 26.3 Å². The van der Waals surface area contributed by atoms with Crippen molar-refractivity contribution in [1.29, 1.82) is 0 Å². The van der Waals surface area contributed by atoms with Crippen molar-refractivity contribution in [3.63, 3.8) is 0 Å². The van der Waals surface area contributed by atoms with E-state index in [0.29, 0.717) is 24.2 Å². The van der Waals surface area contributed by atoms with Crippen LogP contribution in [0, 0.1) is 0 Å². The van der Waals surface area contributed by atoms with E-state index in [2.05, 4.69) is 39.5 Å². The van der Waals surface area contributed by atoms with E-state index in [1.807, 2.05) is 0 Å². The molecule has 6 atom stereocenters. The van der Waals surface area contributed by atoms with Crippen LogP contribution in [0.1, 0.15) is 76.6 Å². The summed E-state index contributed by atoms with van der Waals surface area (Å²) in [4.78, 5) is 23.8. The van der Waals surface area contributed by atoms with Crippen LogP contribution in [0.5, 0.6) is 0 Å². The molecule has 1 radical (unpaired) electrons. The molecular formula is C27H59MnN5O6S6. The first kappa shape index (κ1) is 57.7. The first-order valence-corrected chi connectivity index (χ1v) is 13.9. The third-order valence-corrected chi connectivity index (χ3v) is 7.14. The standard InChI is InChI=1S/C21H35N5.2C3H6O3.Mn.6H2S/c1-3-10-20-18(8-1)22-12-13-23-19-9-2-4-11-21(19)25-15-17-7-5-6-16(26-17)14-24-20;2*1-2(4)3(5)6;;;;;;;/h5-7,18-25H,1-4,8-15H2;2*2,4H,1H3,(H,5,6);;6*1H2/t18-,19-,20-,21-;2*2-;;;;;;;/m000......./s1. The molecule has 0 aromatic carbocycles. The molecular weight excluding hydrogens is 738 g/mol. The summed E-state index contributed by atoms with van der Waals surface area (Å²) in [7, 11) is 0. The fourth-order valence-electron chi connectivity index (χ4n) is 4.95. The minimum absolute atomic E-state index is 0. The van der Waals surface area contributed by atoms with Crippen LogP contribution in [-0.4, -0.2) is 86.8 Å². The van der Waals surface area contributed by atoms with E-state index in [0.717, 1.165) is 26.2 Å². The second-order valence-corrected chi connectivity index (χ2v) is 10.3. The average molecular weight is 797 g/mol. The Morgan fingerprint density at radius 1 is 0.644 bits per heavy atom. The summed E-state index contributed by atoms with van der Waals surface area (Å²) >= 11 is 0. The summed E-state index contributed by atoms with van der Waals surface area (Å²) < 4.78 is 0. The van der Waals surface area contributed by atoms with Crippen molar-refractivity contribution in [3.05, 3.63) is 29.6 Å². The maximum atomic E-state index is 9.45. The average Bonchev–Trinajstić information content (AvgIpc) is 2.90. The topological polar surface area (TPSA) is 176 Å². The Hall–Kier alpha value is 0.469. The first-order chi connectivity index (χ1) is 18.2. The van der Waals surface area contributed by atoms with Gasteiger partial charge in [-0.05, 0) is 51.7 Å². The van der Waals surface area contributed by atoms with Crippen LogP contribution in [0.4, 0.5) is 0 Å². The van der Waals surface area contributed by atoms with Gasteiger partial charge < -0.3 is 41.7 Å². The van der Waals surface area contributed by atoms with Gasteiger partial charge in [0, 0.05) is 67.4 Å². The number of fused-ring (bicyclic) bond motifs is 4. The molecule has 0 saturated heterocycles. The molecule has 2 heterocycles. The van der Waals surface area contributed by atoms with Crippen molar-refractivity contribution < 1.29 is 47.1 Å². The van der Waals surface area contributed by atoms with Gasteiger partial charge in [0.25, 0.3) is 0 Å². The number of aromatic nitrogens is 1. The number of nitrogens with one attached hydrogen (secondary N) is 4. The monoisotopic (exact) mass is 796 g/mol. The summed E-state index contributed by atoms with van der Waals surface area (Å²) in [5, 5.41) is 46.8. The molecule has 45 heavy (non-hydrogen) atoms. The Labute approximate surface area is 321 Å². The second-order valence-electron chi connectivity index (χ2n) is 10.3. The van der Waals surface area contributed by atoms with Crippen LogP contribution < -0.4 is 21.3 Å². The number of hydrogen-bond donors (Lipinski definition) is 8. The molecule has 4 rings (SSSR count). The van der Waals surface area contributed by atoms with Gasteiger partial charge in [0.05, 0.1) is 11.4 Å². The SMILES string of the molecule is C[C@H](O)C(=O)O.C[C@H](O)C(=O)O.S.S.S.S.S.S.[Mn].c1cc2nc(c1)CN[C@H]1CCCC[C@@H]1NCCN[C@H]1CCCC[C@@H]1NC2. The van der Waals surface area contributed by atoms with Crippen LogP contribution in [0.3, 0.4) is 0 Å². The van der Waals surface area contributed by atoms with E-state index in [1.54, 1.807) is 0 Å². The molecule has 2 fully saturated rings. The maximum absolute atomic E-state index is 9.45. The third-order valence-electron chi connectivity index (χ3n) is 7.14. The Morgan fingerprint density at radius 2 is 0.911 bits per heavy atom. The van der Waals surface area contributed by atoms with Crippen molar-refractivity contribution in [2.75, 3.05) is 13.1 Å². The van der Waals surface area contributed by atoms with Gasteiger partial charge in [0.2, 0.25) is 0 Å². The van der Waals surface area contributed by atoms with Gasteiger partial charge in [-0.15, -0.1) is 0 Å². The number of aliphatic hydroxyl groups excluding tert-OH is 2. The minimum atomic E-state index is -1.23. The Kier molecular flexibility index (Phi) is 42.3. The number of pyridine rings is 1. The molecule has 3 aliphatic rings. The molecule has 8 N–H and O–H groups in total. The van der Waals surface area contributed by atoms with Crippen molar-refractivity contribution >= 4 is 92.9 Å². The van der Waals surface area contributed by atoms with E-state index >= 15 is 0 Å². The summed E-state index contributed by atoms with van der Waals surface area (Å²) in [5.74, 6) is -2.37. The zero-order chi connectivity index (χ0) is 27.9. The molecule has 2 bridgehead atoms. The predicted octanol–water partition coefficient (Wildman–Crippen LogP) is 1.65. The molecule has 1 aromatic heterocycles. The smallest absolute Gasteiger partial charge is 0.332 e. The summed E-state index contributed by atoms with van der Waals surface area (Å²) in [6, 6.07) is 8.81. The Balaban J connectivity index is -0.000000174. The van der Waals surface area contributed by atoms with E-state index in [1.165, 1.54) is 76.6 Å². The number of hydrogen-bond acceptors (Lipinski definition) is 9. The molecule has 2 saturated carbocycles. The van der Waals surface area contributed by atoms with Crippen molar-refractivity contribution in [2.24, 2.45) is 0 Å². The zero-order valence-corrected chi connectivity index (χ0v) is 33.3. The number of aliphatic hydroxyl groups is 2. The molecule has 18 heteroatoms. The Morgan fingerprint density at radius 3 is 1.18 bits per heavy atom. The van der Waals surface area contributed by atoms with E-state index in [9.17, 15) is 9.59 Å². The fraction of sp³-hybridized carbons (Fsp3) is 0.741. The van der Waals surface area contributed by atoms with Gasteiger partial charge in [0.1, 0.15) is 12.2 Å². The molecule has 1 aliphatic heterocycles. The van der Waals surface area contributed by atoms with Gasteiger partial charge >= 0.3 is 11.9 Å². The predicted molar refractivity (Wildman–Crippen MR) is 207 cm³/mol. The van der Waals surface area contributed by atoms with Gasteiger partial charge in [-0.25, -0.2) is 9.59 Å². The van der Waals surface area contributed by atoms with Gasteiger partial charge in [0.15, 0.2) is 0 Å². The third kappa shape index (κ3) is 24.3. The maximum Gasteiger partial charge on any atom is 0.332 e. The van der Waals surface area contributed by atoms with Crippen LogP contribution in [0.2, 0.25) is 0 Å². The quantitative estimate of drug-likeness (QED) is 0.205. The van der Waals surface area contributed by atoms with Crippen LogP contribution in [0.25, 0.3) is 0 Å². The number of rotatable bonds is 2. The largest absolute Gasteiger partial charge is 0.479 e. The van der Waals surface area contributed by atoms with E-state index in [4.69, 9.17) is 25.4 Å². The normalized spacial score (nSPS) is 23.3. The van der Waals surface area contributed by atoms with Crippen LogP contribution in [0.15, 0.2) is 18.2 Å². The molecule has 0 spiro atoms. The van der Waals surface area contributed by atoms with Gasteiger partial charge in [-0.3, -0.25) is 4.98 Å². The molecule has 11 nitrogen and oxygen atoms in total. The number of carboxylic acids is 2. The number of carboxylic acid groups (broad SMARTS) is 2. The number of nitrogens with zero attached hydrogens (tertiary/aromatic N) is 1. The second kappa shape index (κ2) is 33.0. The van der Waals surface area contributed by atoms with Crippen LogP contribution >= 0.6 is 81.0 Å². The first-order valence-electron chi connectivity index (χ1n) is 13.9. The van der Waals surface area contributed by atoms with E-state index in [-0.39, 0.29) is 98.0 Å². The van der Waals surface area contributed by atoms with Crippen molar-refractivity contribution in [2.45, 2.75) is 115 Å². The van der Waals surface area contributed by atoms with Crippen LogP contribution in [-0.2, 0) is 39.7 Å². The zero-order valence-electron chi connectivity index (χ0n) is 26.1. The number of carbonyl (C=O) groups is 2. The molecule has 0 unspecified atom stereocenters. The number of aliphatic carboxylic acids is 2. The fourth-order valence-corrected chi connectivity index (χ4v) is 4.95. The molecule has 0 amide bonds. The van der Waals surface area contributed by atoms with E-state index < -0.39 is 24.1 Å². The minimum Gasteiger partial charge on any atom is -0.479 e. The summed E-state index contributed by atoms with van der Waals surface area (Å²) in [5.41, 5.74) is 2.34. The van der Waals surface area contributed by atoms with Gasteiger partial charge in [-0.2, -0.15) is 81.0 Å². The summed E-state index contributed by atoms with van der Waals surface area (Å²) in [6.45, 7) is 6.28. The Bertz CT molecular complexity index is 809. The molecule has 271 valence electrons. The van der Waals surface area contributed by atoms with Crippen molar-refractivity contribution in [3.8, 4) is 0 Å².